The summed E-state index contributed by atoms with van der Waals surface area (Å²) in [6.45, 7) is 9.32. The number of hydrogen-bond acceptors (Lipinski definition) is 0. The van der Waals surface area contributed by atoms with Crippen LogP contribution in [0, 0.1) is 6.08 Å². The molecule has 0 unspecified atom stereocenters. The Morgan fingerprint density at radius 3 is 1.21 bits per heavy atom. The van der Waals surface area contributed by atoms with Crippen LogP contribution in [0.4, 0.5) is 0 Å². The first-order valence-electron chi connectivity index (χ1n) is 22.7. The Labute approximate surface area is 441 Å². The van der Waals surface area contributed by atoms with E-state index in [4.69, 9.17) is 23.2 Å². The molecule has 1 aliphatic carbocycles. The van der Waals surface area contributed by atoms with Crippen molar-refractivity contribution < 1.29 is 49.0 Å². The van der Waals surface area contributed by atoms with E-state index in [0.29, 0.717) is 0 Å². The first-order valence-corrected chi connectivity index (χ1v) is 24.7. The molecule has 68 heavy (non-hydrogen) atoms. The van der Waals surface area contributed by atoms with Crippen molar-refractivity contribution >= 4 is 48.0 Å². The molecule has 0 nitrogen and oxygen atoms in total. The fourth-order valence-electron chi connectivity index (χ4n) is 8.98. The van der Waals surface area contributed by atoms with Gasteiger partial charge in [-0.1, -0.05) is 148 Å². The SMILES string of the molecule is CC(C)(c1ccccc1)c1cc2c(cc1-c1ccc(Cl)cc1)[cH-]c1cc(-c3ccc(Cl)cc3)c(C(C)(C)c3ccccc3)cc12.[C-]1=CC=CC1.[Cl-].[Cl-].[Zr+2]=[C](Cc1ccccc1)Cc1ccccc1. The van der Waals surface area contributed by atoms with E-state index >= 15 is 0 Å². The maximum absolute atomic E-state index is 6.34. The minimum absolute atomic E-state index is 0. The molecule has 0 radical (unpaired) electrons. The molecule has 9 aromatic carbocycles. The fraction of sp³-hybridized carbons (Fsp3) is 0.143. The van der Waals surface area contributed by atoms with E-state index in [2.05, 4.69) is 216 Å². The topological polar surface area (TPSA) is 0 Å². The van der Waals surface area contributed by atoms with Crippen LogP contribution in [0.2, 0.25) is 10.0 Å². The summed E-state index contributed by atoms with van der Waals surface area (Å²) in [6, 6.07) is 71.5. The third-order valence-corrected chi connectivity index (χ3v) is 14.1. The van der Waals surface area contributed by atoms with Gasteiger partial charge in [0.05, 0.1) is 0 Å². The normalized spacial score (nSPS) is 11.8. The Morgan fingerprint density at radius 1 is 0.515 bits per heavy atom. The van der Waals surface area contributed by atoms with Gasteiger partial charge < -0.3 is 24.8 Å². The number of benzene rings is 8. The second-order valence-corrected chi connectivity index (χ2v) is 20.7. The van der Waals surface area contributed by atoms with E-state index in [1.165, 1.54) is 77.2 Å². The van der Waals surface area contributed by atoms with Gasteiger partial charge in [0, 0.05) is 20.9 Å². The van der Waals surface area contributed by atoms with Gasteiger partial charge in [-0.05, 0) is 68.8 Å². The quantitative estimate of drug-likeness (QED) is 0.120. The van der Waals surface area contributed by atoms with Gasteiger partial charge in [0.25, 0.3) is 0 Å². The second-order valence-electron chi connectivity index (χ2n) is 18.0. The fourth-order valence-corrected chi connectivity index (χ4v) is 10.2. The molecule has 1 aliphatic rings. The summed E-state index contributed by atoms with van der Waals surface area (Å²) in [5, 5.41) is 6.50. The number of fused-ring (bicyclic) bond motifs is 3. The zero-order valence-electron chi connectivity index (χ0n) is 38.9. The molecule has 0 N–H and O–H groups in total. The molecule has 9 aromatic rings. The molecule has 10 rings (SSSR count). The molecule has 0 spiro atoms. The average Bonchev–Trinajstić information content (AvgIpc) is 4.05. The van der Waals surface area contributed by atoms with Crippen molar-refractivity contribution in [3.63, 3.8) is 0 Å². The summed E-state index contributed by atoms with van der Waals surface area (Å²) in [6.07, 6.45) is 12.2. The van der Waals surface area contributed by atoms with Crippen molar-refractivity contribution in [3.8, 4) is 22.3 Å². The van der Waals surface area contributed by atoms with Crippen molar-refractivity contribution in [1.82, 2.24) is 0 Å². The summed E-state index contributed by atoms with van der Waals surface area (Å²) in [5.74, 6) is 0. The van der Waals surface area contributed by atoms with Crippen LogP contribution >= 0.6 is 23.2 Å². The molecule has 0 amide bonds. The van der Waals surface area contributed by atoms with Crippen LogP contribution in [0.25, 0.3) is 43.8 Å². The van der Waals surface area contributed by atoms with Crippen LogP contribution in [0.15, 0.2) is 218 Å². The Morgan fingerprint density at radius 2 is 0.882 bits per heavy atom. The Bertz CT molecular complexity index is 2890. The van der Waals surface area contributed by atoms with Crippen LogP contribution in [0.5, 0.6) is 0 Å². The molecular weight excluding hydrogens is 990 g/mol. The first-order chi connectivity index (χ1) is 32.0. The summed E-state index contributed by atoms with van der Waals surface area (Å²) in [4.78, 5) is 0. The van der Waals surface area contributed by atoms with Crippen LogP contribution in [-0.2, 0) is 47.9 Å². The zero-order valence-corrected chi connectivity index (χ0v) is 44.4. The van der Waals surface area contributed by atoms with E-state index in [1.54, 1.807) is 27.4 Å². The average molecular weight is 1040 g/mol. The first kappa shape index (κ1) is 52.4. The van der Waals surface area contributed by atoms with Gasteiger partial charge in [-0.15, -0.1) is 46.2 Å². The van der Waals surface area contributed by atoms with Crippen LogP contribution in [0.3, 0.4) is 0 Å². The molecule has 0 saturated heterocycles. The molecule has 0 fully saturated rings. The minimum atomic E-state index is -0.233. The maximum atomic E-state index is 6.34. The molecule has 0 heterocycles. The number of allylic oxidation sites excluding steroid dienone is 4. The van der Waals surface area contributed by atoms with Crippen molar-refractivity contribution in [2.45, 2.75) is 57.8 Å². The molecule has 0 saturated carbocycles. The molecule has 0 aliphatic heterocycles. The Kier molecular flexibility index (Phi) is 18.5. The van der Waals surface area contributed by atoms with E-state index in [-0.39, 0.29) is 35.6 Å². The molecule has 0 aromatic heterocycles. The van der Waals surface area contributed by atoms with E-state index in [0.717, 1.165) is 29.3 Å². The van der Waals surface area contributed by atoms with E-state index in [1.807, 2.05) is 36.4 Å². The number of hydrogen-bond donors (Lipinski definition) is 0. The number of rotatable bonds is 10. The van der Waals surface area contributed by atoms with Gasteiger partial charge in [-0.3, -0.25) is 6.08 Å². The van der Waals surface area contributed by atoms with Gasteiger partial charge in [-0.2, -0.15) is 6.08 Å². The zero-order chi connectivity index (χ0) is 46.1. The van der Waals surface area contributed by atoms with Crippen molar-refractivity contribution in [1.29, 1.82) is 0 Å². The molecule has 0 atom stereocenters. The van der Waals surface area contributed by atoms with Crippen LogP contribution < -0.4 is 24.8 Å². The van der Waals surface area contributed by atoms with Crippen molar-refractivity contribution in [2.75, 3.05) is 0 Å². The predicted octanol–water partition coefficient (Wildman–Crippen LogP) is 11.5. The van der Waals surface area contributed by atoms with Gasteiger partial charge in [0.2, 0.25) is 0 Å². The standard InChI is InChI=1S/C43H35Cl2.C15H14.C5H5.2ClH.Zr/c1-42(2,32-11-7-5-8-12-32)40-26-36-30(24-38(40)28-15-19-34(44)20-16-28)23-31-25-39(29-17-21-35(45)22-18-29)41(27-37(31)36)43(3,4)33-13-9-6-10-14-33;1-3-8-14(9-4-1)12-7-13-15-10-5-2-6-11-15;1-2-4-5-3-1;;;/h5-27H,1-4H3;1-6,8-11H,12-13H2;1-3H,4H2;2*1H;/q-1;;-1;;;+2/p-2. The van der Waals surface area contributed by atoms with Crippen LogP contribution in [-0.4, -0.2) is 3.21 Å². The monoisotopic (exact) mass is 1040 g/mol. The van der Waals surface area contributed by atoms with Crippen molar-refractivity contribution in [3.05, 3.63) is 268 Å². The van der Waals surface area contributed by atoms with Gasteiger partial charge >= 0.3 is 112 Å². The van der Waals surface area contributed by atoms with Crippen molar-refractivity contribution in [2.24, 2.45) is 0 Å². The predicted molar refractivity (Wildman–Crippen MR) is 282 cm³/mol. The summed E-state index contributed by atoms with van der Waals surface area (Å²) in [5.41, 5.74) is 12.3. The molecule has 0 bridgehead atoms. The van der Waals surface area contributed by atoms with E-state index < -0.39 is 0 Å². The third kappa shape index (κ3) is 12.6. The van der Waals surface area contributed by atoms with E-state index in [9.17, 15) is 0 Å². The summed E-state index contributed by atoms with van der Waals surface area (Å²) >= 11 is 14.2. The summed E-state index contributed by atoms with van der Waals surface area (Å²) < 4.78 is 1.60. The van der Waals surface area contributed by atoms with Gasteiger partial charge in [0.15, 0.2) is 0 Å². The molecule has 5 heteroatoms. The Hall–Kier alpha value is -4.98. The van der Waals surface area contributed by atoms with Gasteiger partial charge in [-0.25, -0.2) is 12.2 Å². The third-order valence-electron chi connectivity index (χ3n) is 12.7. The molecule has 340 valence electrons. The second kappa shape index (κ2) is 24.0. The molecular formula is C63H54Cl4Zr-2. The van der Waals surface area contributed by atoms with Crippen LogP contribution in [0.1, 0.15) is 67.5 Å². The van der Waals surface area contributed by atoms with Gasteiger partial charge in [0.1, 0.15) is 0 Å². The Balaban J connectivity index is 0.000000274. The summed E-state index contributed by atoms with van der Waals surface area (Å²) in [7, 11) is 0. The number of halogens is 4.